The highest BCUT2D eigenvalue weighted by atomic mass is 32.1. The minimum absolute atomic E-state index is 0.00261. The van der Waals surface area contributed by atoms with Crippen LogP contribution in [0.1, 0.15) is 26.0 Å². The number of thiazole rings is 1. The molecule has 4 rings (SSSR count). The van der Waals surface area contributed by atoms with E-state index in [1.54, 1.807) is 9.80 Å². The standard InChI is InChI=1S/C17H20F3N3O3S/c1-15(2)3-9(15)12(24)23-7-16(8-23)6-22(4-10(16)13(25)26)14-21-11(5-27-14)17(18,19)20/h5,9-10H,3-4,6-8H2,1-2H3,(H,25,26)/t9-,10+/m1/s1. The largest absolute Gasteiger partial charge is 0.481 e. The second-order valence-electron chi connectivity index (χ2n) is 8.59. The number of rotatable bonds is 3. The number of carbonyl (C=O) groups is 2. The van der Waals surface area contributed by atoms with E-state index in [1.807, 2.05) is 13.8 Å². The number of aromatic nitrogens is 1. The normalized spacial score (nSPS) is 28.3. The van der Waals surface area contributed by atoms with Crippen molar-refractivity contribution in [3.63, 3.8) is 0 Å². The number of halogens is 3. The Morgan fingerprint density at radius 3 is 2.37 bits per heavy atom. The minimum atomic E-state index is -4.52. The molecule has 3 fully saturated rings. The predicted molar refractivity (Wildman–Crippen MR) is 91.4 cm³/mol. The predicted octanol–water partition coefficient (Wildman–Crippen LogP) is 2.56. The van der Waals surface area contributed by atoms with Gasteiger partial charge in [0.25, 0.3) is 0 Å². The van der Waals surface area contributed by atoms with Crippen LogP contribution in [0.25, 0.3) is 0 Å². The molecule has 0 radical (unpaired) electrons. The van der Waals surface area contributed by atoms with Gasteiger partial charge in [-0.05, 0) is 11.8 Å². The van der Waals surface area contributed by atoms with E-state index >= 15 is 0 Å². The molecule has 1 aromatic heterocycles. The van der Waals surface area contributed by atoms with Gasteiger partial charge in [-0.2, -0.15) is 13.2 Å². The van der Waals surface area contributed by atoms with Crippen molar-refractivity contribution in [1.82, 2.24) is 9.88 Å². The molecule has 3 aliphatic rings. The third-order valence-corrected chi connectivity index (χ3v) is 7.04. The number of aliphatic carboxylic acids is 1. The summed E-state index contributed by atoms with van der Waals surface area (Å²) in [6.07, 6.45) is -3.68. The zero-order chi connectivity index (χ0) is 19.8. The third kappa shape index (κ3) is 2.97. The molecule has 2 saturated heterocycles. The molecule has 0 bridgehead atoms. The fraction of sp³-hybridized carbons (Fsp3) is 0.706. The lowest BCUT2D eigenvalue weighted by atomic mass is 9.71. The van der Waals surface area contributed by atoms with Gasteiger partial charge in [0.2, 0.25) is 5.91 Å². The molecule has 27 heavy (non-hydrogen) atoms. The van der Waals surface area contributed by atoms with Crippen molar-refractivity contribution in [1.29, 1.82) is 0 Å². The molecular weight excluding hydrogens is 383 g/mol. The van der Waals surface area contributed by atoms with E-state index in [4.69, 9.17) is 0 Å². The van der Waals surface area contributed by atoms with Gasteiger partial charge in [-0.1, -0.05) is 13.8 Å². The minimum Gasteiger partial charge on any atom is -0.481 e. The first kappa shape index (κ1) is 18.5. The number of alkyl halides is 3. The Balaban J connectivity index is 1.48. The highest BCUT2D eigenvalue weighted by Crippen LogP contribution is 2.55. The van der Waals surface area contributed by atoms with Crippen LogP contribution in [0.5, 0.6) is 0 Å². The second kappa shape index (κ2) is 5.59. The summed E-state index contributed by atoms with van der Waals surface area (Å²) >= 11 is 0.866. The summed E-state index contributed by atoms with van der Waals surface area (Å²) in [4.78, 5) is 31.2. The summed E-state index contributed by atoms with van der Waals surface area (Å²) < 4.78 is 38.4. The van der Waals surface area contributed by atoms with E-state index in [2.05, 4.69) is 4.98 Å². The highest BCUT2D eigenvalue weighted by Gasteiger charge is 2.61. The highest BCUT2D eigenvalue weighted by molar-refractivity contribution is 7.13. The topological polar surface area (TPSA) is 73.7 Å². The van der Waals surface area contributed by atoms with Gasteiger partial charge >= 0.3 is 12.1 Å². The number of carboxylic acids is 1. The molecule has 6 nitrogen and oxygen atoms in total. The summed E-state index contributed by atoms with van der Waals surface area (Å²) in [6.45, 7) is 5.14. The molecule has 1 amide bonds. The SMILES string of the molecule is CC1(C)C[C@@H]1C(=O)N1CC2(C1)CN(c1nc(C(F)(F)F)cs1)C[C@H]2C(=O)O. The van der Waals surface area contributed by atoms with Crippen LogP contribution in [0.4, 0.5) is 18.3 Å². The lowest BCUT2D eigenvalue weighted by molar-refractivity contribution is -0.158. The smallest absolute Gasteiger partial charge is 0.434 e. The Labute approximate surface area is 158 Å². The summed E-state index contributed by atoms with van der Waals surface area (Å²) in [5, 5.41) is 10.7. The number of likely N-dealkylation sites (tertiary alicyclic amines) is 1. The Kier molecular flexibility index (Phi) is 3.83. The van der Waals surface area contributed by atoms with Gasteiger partial charge in [0.05, 0.1) is 5.92 Å². The third-order valence-electron chi connectivity index (χ3n) is 6.13. The number of carboxylic acid groups (broad SMARTS) is 1. The first-order valence-corrected chi connectivity index (χ1v) is 9.60. The summed E-state index contributed by atoms with van der Waals surface area (Å²) in [6, 6.07) is 0. The van der Waals surface area contributed by atoms with E-state index in [0.717, 1.165) is 23.1 Å². The molecule has 2 atom stereocenters. The Morgan fingerprint density at radius 1 is 1.26 bits per heavy atom. The van der Waals surface area contributed by atoms with E-state index < -0.39 is 29.2 Å². The number of nitrogens with zero attached hydrogens (tertiary/aromatic N) is 3. The van der Waals surface area contributed by atoms with E-state index in [9.17, 15) is 27.9 Å². The number of hydrogen-bond acceptors (Lipinski definition) is 5. The van der Waals surface area contributed by atoms with Crippen LogP contribution in [-0.2, 0) is 15.8 Å². The first-order chi connectivity index (χ1) is 12.4. The van der Waals surface area contributed by atoms with Crippen LogP contribution >= 0.6 is 11.3 Å². The molecule has 1 aliphatic carbocycles. The van der Waals surface area contributed by atoms with E-state index in [0.29, 0.717) is 19.6 Å². The summed E-state index contributed by atoms with van der Waals surface area (Å²) in [7, 11) is 0. The Morgan fingerprint density at radius 2 is 1.89 bits per heavy atom. The van der Waals surface area contributed by atoms with Crippen molar-refractivity contribution in [3.8, 4) is 0 Å². The molecule has 1 saturated carbocycles. The van der Waals surface area contributed by atoms with Gasteiger partial charge in [-0.3, -0.25) is 9.59 Å². The lowest BCUT2D eigenvalue weighted by Gasteiger charge is -2.50. The maximum absolute atomic E-state index is 12.8. The van der Waals surface area contributed by atoms with Crippen molar-refractivity contribution in [3.05, 3.63) is 11.1 Å². The van der Waals surface area contributed by atoms with Crippen molar-refractivity contribution < 1.29 is 27.9 Å². The molecule has 1 N–H and O–H groups in total. The zero-order valence-electron chi connectivity index (χ0n) is 14.9. The molecule has 10 heteroatoms. The van der Waals surface area contributed by atoms with Crippen LogP contribution in [0.3, 0.4) is 0 Å². The number of amides is 1. The zero-order valence-corrected chi connectivity index (χ0v) is 15.7. The second-order valence-corrected chi connectivity index (χ2v) is 9.42. The molecule has 3 heterocycles. The molecular formula is C17H20F3N3O3S. The summed E-state index contributed by atoms with van der Waals surface area (Å²) in [5.74, 6) is -1.67. The molecule has 2 aliphatic heterocycles. The van der Waals surface area contributed by atoms with Crippen LogP contribution < -0.4 is 4.90 Å². The Hall–Kier alpha value is -1.84. The molecule has 0 unspecified atom stereocenters. The van der Waals surface area contributed by atoms with Crippen molar-refractivity contribution in [2.24, 2.45) is 22.7 Å². The van der Waals surface area contributed by atoms with Crippen molar-refractivity contribution in [2.75, 3.05) is 31.1 Å². The fourth-order valence-corrected chi connectivity index (χ4v) is 5.14. The van der Waals surface area contributed by atoms with Crippen molar-refractivity contribution in [2.45, 2.75) is 26.4 Å². The van der Waals surface area contributed by atoms with Crippen LogP contribution in [-0.4, -0.2) is 53.0 Å². The van der Waals surface area contributed by atoms with Gasteiger partial charge in [0, 0.05) is 42.9 Å². The number of carbonyl (C=O) groups excluding carboxylic acids is 1. The average molecular weight is 403 g/mol. The van der Waals surface area contributed by atoms with Crippen LogP contribution in [0, 0.1) is 22.7 Å². The summed E-state index contributed by atoms with van der Waals surface area (Å²) in [5.41, 5.74) is -1.58. The van der Waals surface area contributed by atoms with Gasteiger partial charge in [0.15, 0.2) is 10.8 Å². The maximum Gasteiger partial charge on any atom is 0.434 e. The average Bonchev–Trinajstić information content (AvgIpc) is 2.96. The lowest BCUT2D eigenvalue weighted by Crippen LogP contribution is -2.63. The number of anilines is 1. The van der Waals surface area contributed by atoms with Gasteiger partial charge in [0.1, 0.15) is 0 Å². The molecule has 1 aromatic rings. The molecule has 0 aromatic carbocycles. The van der Waals surface area contributed by atoms with Crippen molar-refractivity contribution >= 4 is 28.3 Å². The van der Waals surface area contributed by atoms with E-state index in [-0.39, 0.29) is 28.9 Å². The maximum atomic E-state index is 12.8. The van der Waals surface area contributed by atoms with Crippen LogP contribution in [0.2, 0.25) is 0 Å². The molecule has 1 spiro atoms. The van der Waals surface area contributed by atoms with Gasteiger partial charge in [-0.25, -0.2) is 4.98 Å². The van der Waals surface area contributed by atoms with Crippen LogP contribution in [0.15, 0.2) is 5.38 Å². The first-order valence-electron chi connectivity index (χ1n) is 8.72. The van der Waals surface area contributed by atoms with E-state index in [1.165, 1.54) is 0 Å². The molecule has 148 valence electrons. The van der Waals surface area contributed by atoms with Gasteiger partial charge < -0.3 is 14.9 Å². The monoisotopic (exact) mass is 403 g/mol. The quantitative estimate of drug-likeness (QED) is 0.840. The fourth-order valence-electron chi connectivity index (χ4n) is 4.29. The number of hydrogen-bond donors (Lipinski definition) is 1. The van der Waals surface area contributed by atoms with Gasteiger partial charge in [-0.15, -0.1) is 11.3 Å². The Bertz CT molecular complexity index is 801.